The SMILES string of the molecule is CN(C)C(=O)c1ccc(-c2ccc3c(c2)[C@H]2[C@H](CCN2C(=O)c2ccc(F)cc2)[C@H](CO)N3C)cc1. The predicted molar refractivity (Wildman–Crippen MR) is 137 cm³/mol. The van der Waals surface area contributed by atoms with E-state index in [1.807, 2.05) is 48.3 Å². The van der Waals surface area contributed by atoms with Crippen molar-refractivity contribution < 1.29 is 19.1 Å². The van der Waals surface area contributed by atoms with Crippen LogP contribution < -0.4 is 4.90 Å². The molecule has 2 aliphatic rings. The van der Waals surface area contributed by atoms with Gasteiger partial charge in [0, 0.05) is 50.4 Å². The van der Waals surface area contributed by atoms with Crippen LogP contribution in [0.1, 0.15) is 38.7 Å². The van der Waals surface area contributed by atoms with Crippen LogP contribution in [-0.4, -0.2) is 67.1 Å². The van der Waals surface area contributed by atoms with E-state index in [4.69, 9.17) is 0 Å². The Hall–Kier alpha value is -3.71. The first kappa shape index (κ1) is 24.0. The molecule has 6 nitrogen and oxygen atoms in total. The topological polar surface area (TPSA) is 64.1 Å². The Morgan fingerprint density at radius 3 is 2.25 bits per heavy atom. The van der Waals surface area contributed by atoms with Gasteiger partial charge in [-0.05, 0) is 71.6 Å². The lowest BCUT2D eigenvalue weighted by atomic mass is 9.81. The summed E-state index contributed by atoms with van der Waals surface area (Å²) in [6, 6.07) is 19.1. The summed E-state index contributed by atoms with van der Waals surface area (Å²) in [4.78, 5) is 31.3. The van der Waals surface area contributed by atoms with Crippen LogP contribution in [0, 0.1) is 11.7 Å². The van der Waals surface area contributed by atoms with E-state index in [1.54, 1.807) is 19.0 Å². The second kappa shape index (κ2) is 9.39. The summed E-state index contributed by atoms with van der Waals surface area (Å²) in [6.07, 6.45) is 0.776. The van der Waals surface area contributed by atoms with Crippen molar-refractivity contribution in [3.63, 3.8) is 0 Å². The minimum Gasteiger partial charge on any atom is -0.394 e. The first-order valence-corrected chi connectivity index (χ1v) is 12.2. The van der Waals surface area contributed by atoms with E-state index in [1.165, 1.54) is 24.3 Å². The monoisotopic (exact) mass is 487 g/mol. The number of hydrogen-bond acceptors (Lipinski definition) is 4. The molecule has 2 aliphatic heterocycles. The number of fused-ring (bicyclic) bond motifs is 3. The Morgan fingerprint density at radius 2 is 1.61 bits per heavy atom. The van der Waals surface area contributed by atoms with Crippen molar-refractivity contribution in [2.24, 2.45) is 5.92 Å². The average Bonchev–Trinajstić information content (AvgIpc) is 3.33. The molecule has 36 heavy (non-hydrogen) atoms. The predicted octanol–water partition coefficient (Wildman–Crippen LogP) is 4.21. The third-order valence-corrected chi connectivity index (χ3v) is 7.57. The van der Waals surface area contributed by atoms with E-state index in [0.717, 1.165) is 28.8 Å². The van der Waals surface area contributed by atoms with Gasteiger partial charge in [-0.25, -0.2) is 4.39 Å². The fourth-order valence-electron chi connectivity index (χ4n) is 5.68. The van der Waals surface area contributed by atoms with Crippen LogP contribution in [0.3, 0.4) is 0 Å². The van der Waals surface area contributed by atoms with Gasteiger partial charge in [0.2, 0.25) is 0 Å². The number of likely N-dealkylation sites (tertiary alicyclic amines) is 1. The molecule has 2 amide bonds. The number of benzene rings is 3. The van der Waals surface area contributed by atoms with Gasteiger partial charge in [0.15, 0.2) is 0 Å². The summed E-state index contributed by atoms with van der Waals surface area (Å²) in [7, 11) is 5.45. The summed E-state index contributed by atoms with van der Waals surface area (Å²) in [5.41, 5.74) is 5.07. The van der Waals surface area contributed by atoms with Crippen LogP contribution >= 0.6 is 0 Å². The first-order valence-electron chi connectivity index (χ1n) is 12.2. The Morgan fingerprint density at radius 1 is 0.972 bits per heavy atom. The molecule has 7 heteroatoms. The van der Waals surface area contributed by atoms with E-state index in [2.05, 4.69) is 11.0 Å². The zero-order valence-corrected chi connectivity index (χ0v) is 20.7. The van der Waals surface area contributed by atoms with Gasteiger partial charge >= 0.3 is 0 Å². The largest absolute Gasteiger partial charge is 0.394 e. The van der Waals surface area contributed by atoms with Crippen LogP contribution in [0.4, 0.5) is 10.1 Å². The van der Waals surface area contributed by atoms with E-state index in [-0.39, 0.29) is 42.2 Å². The molecule has 1 saturated heterocycles. The minimum atomic E-state index is -0.376. The minimum absolute atomic E-state index is 0.00119. The quantitative estimate of drug-likeness (QED) is 0.599. The zero-order valence-electron chi connectivity index (χ0n) is 20.7. The first-order chi connectivity index (χ1) is 17.3. The molecule has 5 rings (SSSR count). The number of nitrogens with zero attached hydrogens (tertiary/aromatic N) is 3. The molecule has 2 heterocycles. The molecule has 3 aromatic carbocycles. The highest BCUT2D eigenvalue weighted by atomic mass is 19.1. The van der Waals surface area contributed by atoms with E-state index < -0.39 is 0 Å². The Labute approximate surface area is 210 Å². The van der Waals surface area contributed by atoms with Gasteiger partial charge in [0.1, 0.15) is 5.82 Å². The number of hydrogen-bond donors (Lipinski definition) is 1. The molecule has 186 valence electrons. The second-order valence-electron chi connectivity index (χ2n) is 9.81. The lowest BCUT2D eigenvalue weighted by Crippen LogP contribution is -2.48. The lowest BCUT2D eigenvalue weighted by Gasteiger charge is -2.44. The fraction of sp³-hybridized carbons (Fsp3) is 0.310. The van der Waals surface area contributed by atoms with Crippen molar-refractivity contribution in [3.8, 4) is 11.1 Å². The van der Waals surface area contributed by atoms with Gasteiger partial charge in [0.25, 0.3) is 11.8 Å². The third kappa shape index (κ3) is 4.03. The normalized spacial score (nSPS) is 20.6. The van der Waals surface area contributed by atoms with Crippen molar-refractivity contribution >= 4 is 17.5 Å². The molecule has 3 aromatic rings. The zero-order chi connectivity index (χ0) is 25.6. The van der Waals surface area contributed by atoms with Crippen molar-refractivity contribution in [2.45, 2.75) is 18.5 Å². The number of carbonyl (C=O) groups is 2. The number of aliphatic hydroxyl groups is 1. The van der Waals surface area contributed by atoms with Crippen molar-refractivity contribution in [2.75, 3.05) is 39.2 Å². The average molecular weight is 488 g/mol. The molecular formula is C29H30FN3O3. The second-order valence-corrected chi connectivity index (χ2v) is 9.81. The van der Waals surface area contributed by atoms with Crippen LogP contribution in [0.2, 0.25) is 0 Å². The molecule has 0 aromatic heterocycles. The van der Waals surface area contributed by atoms with Gasteiger partial charge in [-0.2, -0.15) is 0 Å². The molecule has 1 fully saturated rings. The Balaban J connectivity index is 1.54. The van der Waals surface area contributed by atoms with Crippen LogP contribution in [-0.2, 0) is 0 Å². The number of halogens is 1. The third-order valence-electron chi connectivity index (χ3n) is 7.57. The van der Waals surface area contributed by atoms with Crippen molar-refractivity contribution in [1.29, 1.82) is 0 Å². The van der Waals surface area contributed by atoms with E-state index >= 15 is 0 Å². The molecule has 1 N–H and O–H groups in total. The van der Waals surface area contributed by atoms with Gasteiger partial charge < -0.3 is 19.8 Å². The standard InChI is InChI=1S/C29H30FN3O3/c1-31(2)28(35)19-6-4-18(5-7-19)21-10-13-25-24(16-21)27-23(26(17-34)32(25)3)14-15-33(27)29(36)20-8-11-22(30)12-9-20/h4-13,16,23,26-27,34H,14-15,17H2,1-3H3/t23-,26+,27-/m1/s1. The maximum absolute atomic E-state index is 13.5. The van der Waals surface area contributed by atoms with Crippen LogP contribution in [0.25, 0.3) is 11.1 Å². The molecule has 0 spiro atoms. The molecule has 0 unspecified atom stereocenters. The number of amides is 2. The summed E-state index contributed by atoms with van der Waals surface area (Å²) in [6.45, 7) is 0.569. The van der Waals surface area contributed by atoms with Crippen molar-refractivity contribution in [3.05, 3.63) is 89.2 Å². The molecule has 3 atom stereocenters. The highest BCUT2D eigenvalue weighted by Gasteiger charge is 2.47. The molecule has 0 bridgehead atoms. The van der Waals surface area contributed by atoms with Gasteiger partial charge in [0.05, 0.1) is 18.7 Å². The molecule has 0 aliphatic carbocycles. The fourth-order valence-corrected chi connectivity index (χ4v) is 5.68. The maximum Gasteiger partial charge on any atom is 0.254 e. The number of anilines is 1. The highest BCUT2D eigenvalue weighted by molar-refractivity contribution is 5.95. The van der Waals surface area contributed by atoms with Gasteiger partial charge in [-0.3, -0.25) is 9.59 Å². The molecule has 0 saturated carbocycles. The number of aliphatic hydroxyl groups excluding tert-OH is 1. The lowest BCUT2D eigenvalue weighted by molar-refractivity contribution is 0.0693. The summed E-state index contributed by atoms with van der Waals surface area (Å²) >= 11 is 0. The number of likely N-dealkylation sites (N-methyl/N-ethyl adjacent to an activating group) is 1. The molecular weight excluding hydrogens is 457 g/mol. The highest BCUT2D eigenvalue weighted by Crippen LogP contribution is 2.49. The number of rotatable bonds is 4. The summed E-state index contributed by atoms with van der Waals surface area (Å²) in [5, 5.41) is 10.2. The van der Waals surface area contributed by atoms with Crippen molar-refractivity contribution in [1.82, 2.24) is 9.80 Å². The maximum atomic E-state index is 13.5. The van der Waals surface area contributed by atoms with Crippen LogP contribution in [0.15, 0.2) is 66.7 Å². The van der Waals surface area contributed by atoms with Gasteiger partial charge in [-0.15, -0.1) is 0 Å². The Kier molecular flexibility index (Phi) is 6.26. The van der Waals surface area contributed by atoms with E-state index in [0.29, 0.717) is 17.7 Å². The Bertz CT molecular complexity index is 1290. The van der Waals surface area contributed by atoms with E-state index in [9.17, 15) is 19.1 Å². The van der Waals surface area contributed by atoms with Gasteiger partial charge in [-0.1, -0.05) is 18.2 Å². The summed E-state index contributed by atoms with van der Waals surface area (Å²) in [5.74, 6) is -0.481. The summed E-state index contributed by atoms with van der Waals surface area (Å²) < 4.78 is 13.5. The van der Waals surface area contributed by atoms with Crippen LogP contribution in [0.5, 0.6) is 0 Å². The molecule has 0 radical (unpaired) electrons. The number of carbonyl (C=O) groups excluding carboxylic acids is 2. The smallest absolute Gasteiger partial charge is 0.254 e.